The zero-order valence-corrected chi connectivity index (χ0v) is 16.5. The SMILES string of the molecule is COC(=O)C1CC(Oc2ccccc2F)CN1S(=O)(=O)c1ccc(OC)c(F)c1. The molecule has 3 rings (SSSR count). The Balaban J connectivity index is 1.91. The van der Waals surface area contributed by atoms with Crippen molar-refractivity contribution in [3.63, 3.8) is 0 Å². The predicted octanol–water partition coefficient (Wildman–Crippen LogP) is 2.36. The highest BCUT2D eigenvalue weighted by atomic mass is 32.2. The molecule has 10 heteroatoms. The van der Waals surface area contributed by atoms with Gasteiger partial charge in [0.2, 0.25) is 10.0 Å². The van der Waals surface area contributed by atoms with Crippen molar-refractivity contribution < 1.29 is 36.2 Å². The summed E-state index contributed by atoms with van der Waals surface area (Å²) < 4.78 is 70.0. The zero-order valence-electron chi connectivity index (χ0n) is 15.7. The van der Waals surface area contributed by atoms with Crippen LogP contribution in [0, 0.1) is 11.6 Å². The summed E-state index contributed by atoms with van der Waals surface area (Å²) in [6, 6.07) is 7.65. The van der Waals surface area contributed by atoms with Gasteiger partial charge in [-0.05, 0) is 30.3 Å². The molecule has 1 aliphatic rings. The largest absolute Gasteiger partial charge is 0.494 e. The Labute approximate surface area is 166 Å². The van der Waals surface area contributed by atoms with Crippen LogP contribution in [0.4, 0.5) is 8.78 Å². The van der Waals surface area contributed by atoms with Crippen molar-refractivity contribution in [1.29, 1.82) is 0 Å². The number of carbonyl (C=O) groups excluding carboxylic acids is 1. The maximum atomic E-state index is 14.0. The van der Waals surface area contributed by atoms with Crippen LogP contribution in [0.1, 0.15) is 6.42 Å². The minimum absolute atomic E-state index is 0.0428. The van der Waals surface area contributed by atoms with Crippen LogP contribution in [-0.2, 0) is 19.6 Å². The van der Waals surface area contributed by atoms with E-state index in [1.165, 1.54) is 37.4 Å². The van der Waals surface area contributed by atoms with Crippen LogP contribution in [0.15, 0.2) is 47.4 Å². The molecule has 0 bridgehead atoms. The predicted molar refractivity (Wildman–Crippen MR) is 98.1 cm³/mol. The smallest absolute Gasteiger partial charge is 0.324 e. The summed E-state index contributed by atoms with van der Waals surface area (Å²) in [5.74, 6) is -2.43. The molecule has 0 spiro atoms. The summed E-state index contributed by atoms with van der Waals surface area (Å²) in [4.78, 5) is 11.8. The Kier molecular flexibility index (Phi) is 6.04. The van der Waals surface area contributed by atoms with Crippen molar-refractivity contribution in [2.45, 2.75) is 23.5 Å². The Morgan fingerprint density at radius 3 is 2.41 bits per heavy atom. The third-order valence-corrected chi connectivity index (χ3v) is 6.42. The lowest BCUT2D eigenvalue weighted by Crippen LogP contribution is -2.41. The quantitative estimate of drug-likeness (QED) is 0.659. The van der Waals surface area contributed by atoms with E-state index in [9.17, 15) is 22.0 Å². The molecule has 0 N–H and O–H groups in total. The first kappa shape index (κ1) is 21.0. The van der Waals surface area contributed by atoms with Crippen LogP contribution in [0.25, 0.3) is 0 Å². The molecule has 156 valence electrons. The van der Waals surface area contributed by atoms with Gasteiger partial charge in [-0.25, -0.2) is 17.2 Å². The fourth-order valence-electron chi connectivity index (χ4n) is 3.13. The molecule has 2 aromatic carbocycles. The highest BCUT2D eigenvalue weighted by Crippen LogP contribution is 2.31. The maximum Gasteiger partial charge on any atom is 0.324 e. The lowest BCUT2D eigenvalue weighted by molar-refractivity contribution is -0.144. The molecule has 1 heterocycles. The summed E-state index contributed by atoms with van der Waals surface area (Å²) in [6.45, 7) is -0.232. The minimum Gasteiger partial charge on any atom is -0.494 e. The number of carbonyl (C=O) groups is 1. The van der Waals surface area contributed by atoms with Gasteiger partial charge in [-0.15, -0.1) is 0 Å². The number of para-hydroxylation sites is 1. The van der Waals surface area contributed by atoms with Crippen molar-refractivity contribution in [1.82, 2.24) is 4.31 Å². The normalized spacial score (nSPS) is 19.7. The molecule has 1 aliphatic heterocycles. The molecule has 0 radical (unpaired) electrons. The molecule has 2 atom stereocenters. The molecule has 0 amide bonds. The van der Waals surface area contributed by atoms with Crippen molar-refractivity contribution in [3.8, 4) is 11.5 Å². The first-order chi connectivity index (χ1) is 13.8. The average Bonchev–Trinajstić information content (AvgIpc) is 3.14. The lowest BCUT2D eigenvalue weighted by atomic mass is 10.2. The van der Waals surface area contributed by atoms with Gasteiger partial charge in [-0.1, -0.05) is 12.1 Å². The Bertz CT molecular complexity index is 1010. The molecule has 1 fully saturated rings. The monoisotopic (exact) mass is 427 g/mol. The van der Waals surface area contributed by atoms with Crippen LogP contribution >= 0.6 is 0 Å². The molecule has 29 heavy (non-hydrogen) atoms. The van der Waals surface area contributed by atoms with Gasteiger partial charge in [-0.2, -0.15) is 4.31 Å². The Hall–Kier alpha value is -2.72. The van der Waals surface area contributed by atoms with Gasteiger partial charge < -0.3 is 14.2 Å². The van der Waals surface area contributed by atoms with Crippen molar-refractivity contribution in [2.24, 2.45) is 0 Å². The van der Waals surface area contributed by atoms with Crippen molar-refractivity contribution in [2.75, 3.05) is 20.8 Å². The fraction of sp³-hybridized carbons (Fsp3) is 0.316. The van der Waals surface area contributed by atoms with Crippen LogP contribution < -0.4 is 9.47 Å². The van der Waals surface area contributed by atoms with E-state index in [0.29, 0.717) is 0 Å². The number of hydrogen-bond acceptors (Lipinski definition) is 6. The maximum absolute atomic E-state index is 14.0. The van der Waals surface area contributed by atoms with Gasteiger partial charge in [0.1, 0.15) is 12.1 Å². The first-order valence-electron chi connectivity index (χ1n) is 8.62. The van der Waals surface area contributed by atoms with E-state index < -0.39 is 39.8 Å². The number of halogens is 2. The highest BCUT2D eigenvalue weighted by Gasteiger charge is 2.46. The average molecular weight is 427 g/mol. The van der Waals surface area contributed by atoms with E-state index in [0.717, 1.165) is 17.5 Å². The van der Waals surface area contributed by atoms with E-state index >= 15 is 0 Å². The number of nitrogens with zero attached hydrogens (tertiary/aromatic N) is 1. The number of methoxy groups -OCH3 is 2. The highest BCUT2D eigenvalue weighted by molar-refractivity contribution is 7.89. The van der Waals surface area contributed by atoms with Gasteiger partial charge >= 0.3 is 5.97 Å². The number of hydrogen-bond donors (Lipinski definition) is 0. The van der Waals surface area contributed by atoms with E-state index in [4.69, 9.17) is 14.2 Å². The molecule has 0 saturated carbocycles. The standard InChI is InChI=1S/C19H19F2NO6S/c1-26-17-8-7-13(10-15(17)21)29(24,25)22-11-12(9-16(22)19(23)27-2)28-18-6-4-3-5-14(18)20/h3-8,10,12,16H,9,11H2,1-2H3. The van der Waals surface area contributed by atoms with Crippen LogP contribution in [0.5, 0.6) is 11.5 Å². The third-order valence-electron chi connectivity index (χ3n) is 4.55. The zero-order chi connectivity index (χ0) is 21.2. The van der Waals surface area contributed by atoms with E-state index in [-0.39, 0.29) is 29.4 Å². The first-order valence-corrected chi connectivity index (χ1v) is 10.1. The van der Waals surface area contributed by atoms with E-state index in [1.807, 2.05) is 0 Å². The minimum atomic E-state index is -4.26. The third kappa shape index (κ3) is 4.18. The van der Waals surface area contributed by atoms with E-state index in [1.54, 1.807) is 6.07 Å². The second kappa shape index (κ2) is 8.34. The van der Waals surface area contributed by atoms with Gasteiger partial charge in [0.15, 0.2) is 23.1 Å². The van der Waals surface area contributed by atoms with Crippen LogP contribution in [0.3, 0.4) is 0 Å². The summed E-state index contributed by atoms with van der Waals surface area (Å²) in [6.07, 6.45) is -0.840. The van der Waals surface area contributed by atoms with Crippen LogP contribution in [-0.4, -0.2) is 51.6 Å². The molecule has 2 unspecified atom stereocenters. The Morgan fingerprint density at radius 1 is 1.07 bits per heavy atom. The van der Waals surface area contributed by atoms with Gasteiger partial charge in [0.05, 0.1) is 25.7 Å². The van der Waals surface area contributed by atoms with Crippen molar-refractivity contribution in [3.05, 3.63) is 54.1 Å². The molecule has 1 saturated heterocycles. The summed E-state index contributed by atoms with van der Waals surface area (Å²) >= 11 is 0. The molecule has 7 nitrogen and oxygen atoms in total. The molecule has 0 aliphatic carbocycles. The van der Waals surface area contributed by atoms with Gasteiger partial charge in [-0.3, -0.25) is 4.79 Å². The molecule has 2 aromatic rings. The second-order valence-electron chi connectivity index (χ2n) is 6.32. The Morgan fingerprint density at radius 2 is 1.79 bits per heavy atom. The lowest BCUT2D eigenvalue weighted by Gasteiger charge is -2.22. The number of esters is 1. The van der Waals surface area contributed by atoms with Gasteiger partial charge in [0, 0.05) is 6.42 Å². The number of rotatable bonds is 6. The van der Waals surface area contributed by atoms with Crippen molar-refractivity contribution >= 4 is 16.0 Å². The summed E-state index contributed by atoms with van der Waals surface area (Å²) in [7, 11) is -1.88. The number of ether oxygens (including phenoxy) is 3. The van der Waals surface area contributed by atoms with Gasteiger partial charge in [0.25, 0.3) is 0 Å². The molecular formula is C19H19F2NO6S. The number of sulfonamides is 1. The van der Waals surface area contributed by atoms with Crippen LogP contribution in [0.2, 0.25) is 0 Å². The van der Waals surface area contributed by atoms with E-state index in [2.05, 4.69) is 0 Å². The molecule has 0 aromatic heterocycles. The second-order valence-corrected chi connectivity index (χ2v) is 8.21. The summed E-state index contributed by atoms with van der Waals surface area (Å²) in [5, 5.41) is 0. The fourth-order valence-corrected chi connectivity index (χ4v) is 4.77. The topological polar surface area (TPSA) is 82.1 Å². The summed E-state index contributed by atoms with van der Waals surface area (Å²) in [5.41, 5.74) is 0. The molecular weight excluding hydrogens is 408 g/mol. The number of benzene rings is 2.